The number of esters is 2. The maximum Gasteiger partial charge on any atom is 0.410 e. The Balaban J connectivity index is 2.33. The van der Waals surface area contributed by atoms with Gasteiger partial charge in [-0.3, -0.25) is 0 Å². The first-order chi connectivity index (χ1) is 11.1. The monoisotopic (exact) mass is 341 g/mol. The van der Waals surface area contributed by atoms with Crippen molar-refractivity contribution in [3.8, 4) is 0 Å². The molecule has 1 fully saturated rings. The Bertz CT molecular complexity index is 491. The molecule has 0 radical (unpaired) electrons. The summed E-state index contributed by atoms with van der Waals surface area (Å²) >= 11 is 0. The van der Waals surface area contributed by atoms with Crippen LogP contribution in [0.4, 0.5) is 4.79 Å². The summed E-state index contributed by atoms with van der Waals surface area (Å²) in [4.78, 5) is 36.5. The van der Waals surface area contributed by atoms with Crippen LogP contribution in [0, 0.1) is 0 Å². The van der Waals surface area contributed by atoms with Crippen molar-refractivity contribution in [1.82, 2.24) is 4.90 Å². The molecule has 1 rings (SSSR count). The molecule has 7 nitrogen and oxygen atoms in total. The van der Waals surface area contributed by atoms with Crippen molar-refractivity contribution in [2.75, 3.05) is 19.7 Å². The molecule has 0 aliphatic carbocycles. The van der Waals surface area contributed by atoms with Crippen LogP contribution in [0.1, 0.15) is 47.0 Å². The lowest BCUT2D eigenvalue weighted by Crippen LogP contribution is -2.44. The highest BCUT2D eigenvalue weighted by Crippen LogP contribution is 2.19. The molecule has 0 N–H and O–H groups in total. The van der Waals surface area contributed by atoms with E-state index in [-0.39, 0.29) is 17.8 Å². The Labute approximate surface area is 142 Å². The SMILES string of the molecule is C=C(C)C(=O)OCC(=O)OC1CCN(C(=O)OC(C)(C)CC)CC1. The third-order valence-corrected chi connectivity index (χ3v) is 3.88. The van der Waals surface area contributed by atoms with E-state index in [1.807, 2.05) is 20.8 Å². The lowest BCUT2D eigenvalue weighted by Gasteiger charge is -2.33. The number of likely N-dealkylation sites (tertiary alicyclic amines) is 1. The number of carbonyl (C=O) groups is 3. The molecular formula is C17H27NO6. The molecule has 0 atom stereocenters. The Morgan fingerprint density at radius 2 is 1.79 bits per heavy atom. The molecule has 1 aliphatic rings. The van der Waals surface area contributed by atoms with E-state index in [9.17, 15) is 14.4 Å². The Morgan fingerprint density at radius 3 is 2.29 bits per heavy atom. The van der Waals surface area contributed by atoms with Crippen LogP contribution in [0.2, 0.25) is 0 Å². The predicted octanol–water partition coefficient (Wildman–Crippen LogP) is 2.44. The molecule has 0 bridgehead atoms. The largest absolute Gasteiger partial charge is 0.460 e. The van der Waals surface area contributed by atoms with Crippen molar-refractivity contribution < 1.29 is 28.6 Å². The Kier molecular flexibility index (Phi) is 7.25. The fourth-order valence-corrected chi connectivity index (χ4v) is 2.00. The third-order valence-electron chi connectivity index (χ3n) is 3.88. The van der Waals surface area contributed by atoms with Gasteiger partial charge < -0.3 is 19.1 Å². The summed E-state index contributed by atoms with van der Waals surface area (Å²) in [7, 11) is 0. The molecule has 7 heteroatoms. The standard InChI is InChI=1S/C17H27NO6/c1-6-17(4,5)24-16(21)18-9-7-13(8-10-18)23-14(19)11-22-15(20)12(2)3/h13H,2,6-11H2,1,3-5H3. The van der Waals surface area contributed by atoms with Gasteiger partial charge in [0.15, 0.2) is 6.61 Å². The number of hydrogen-bond acceptors (Lipinski definition) is 6. The summed E-state index contributed by atoms with van der Waals surface area (Å²) in [6, 6.07) is 0. The number of rotatable bonds is 6. The average molecular weight is 341 g/mol. The van der Waals surface area contributed by atoms with Crippen LogP contribution in [0.3, 0.4) is 0 Å². The van der Waals surface area contributed by atoms with Gasteiger partial charge in [-0.15, -0.1) is 0 Å². The van der Waals surface area contributed by atoms with Gasteiger partial charge in [-0.1, -0.05) is 13.5 Å². The lowest BCUT2D eigenvalue weighted by atomic mass is 10.1. The van der Waals surface area contributed by atoms with Crippen LogP contribution in [0.25, 0.3) is 0 Å². The minimum Gasteiger partial charge on any atom is -0.460 e. The van der Waals surface area contributed by atoms with Gasteiger partial charge in [0, 0.05) is 31.5 Å². The second-order valence-corrected chi connectivity index (χ2v) is 6.51. The maximum absolute atomic E-state index is 12.1. The van der Waals surface area contributed by atoms with Crippen molar-refractivity contribution in [2.45, 2.75) is 58.7 Å². The zero-order valence-corrected chi connectivity index (χ0v) is 14.9. The van der Waals surface area contributed by atoms with Gasteiger partial charge in [0.05, 0.1) is 0 Å². The summed E-state index contributed by atoms with van der Waals surface area (Å²) in [6.45, 7) is 11.1. The minimum atomic E-state index is -0.622. The quantitative estimate of drug-likeness (QED) is 0.419. The molecule has 1 amide bonds. The van der Waals surface area contributed by atoms with E-state index in [1.54, 1.807) is 4.90 Å². The van der Waals surface area contributed by atoms with Gasteiger partial charge in [-0.25, -0.2) is 14.4 Å². The zero-order valence-electron chi connectivity index (χ0n) is 14.9. The van der Waals surface area contributed by atoms with E-state index in [0.717, 1.165) is 6.42 Å². The number of carbonyl (C=O) groups excluding carboxylic acids is 3. The van der Waals surface area contributed by atoms with Crippen LogP contribution in [0.15, 0.2) is 12.2 Å². The molecular weight excluding hydrogens is 314 g/mol. The first-order valence-electron chi connectivity index (χ1n) is 8.14. The second kappa shape index (κ2) is 8.70. The van der Waals surface area contributed by atoms with Crippen LogP contribution >= 0.6 is 0 Å². The smallest absolute Gasteiger partial charge is 0.410 e. The molecule has 136 valence electrons. The highest BCUT2D eigenvalue weighted by molar-refractivity contribution is 5.88. The first kappa shape index (κ1) is 20.0. The van der Waals surface area contributed by atoms with Crippen LogP contribution in [-0.4, -0.2) is 54.3 Å². The molecule has 0 unspecified atom stereocenters. The average Bonchev–Trinajstić information content (AvgIpc) is 2.52. The van der Waals surface area contributed by atoms with E-state index < -0.39 is 24.1 Å². The van der Waals surface area contributed by atoms with E-state index in [1.165, 1.54) is 6.92 Å². The van der Waals surface area contributed by atoms with E-state index >= 15 is 0 Å². The topological polar surface area (TPSA) is 82.1 Å². The zero-order chi connectivity index (χ0) is 18.3. The van der Waals surface area contributed by atoms with Crippen molar-refractivity contribution in [2.24, 2.45) is 0 Å². The van der Waals surface area contributed by atoms with Crippen molar-refractivity contribution in [3.63, 3.8) is 0 Å². The third kappa shape index (κ3) is 6.60. The number of ether oxygens (including phenoxy) is 3. The maximum atomic E-state index is 12.1. The Morgan fingerprint density at radius 1 is 1.21 bits per heavy atom. The fourth-order valence-electron chi connectivity index (χ4n) is 2.00. The second-order valence-electron chi connectivity index (χ2n) is 6.51. The predicted molar refractivity (Wildman–Crippen MR) is 87.3 cm³/mol. The molecule has 0 saturated carbocycles. The molecule has 1 aliphatic heterocycles. The van der Waals surface area contributed by atoms with Gasteiger partial charge in [0.1, 0.15) is 11.7 Å². The fraction of sp³-hybridized carbons (Fsp3) is 0.706. The summed E-state index contributed by atoms with van der Waals surface area (Å²) < 4.78 is 15.4. The molecule has 0 aromatic heterocycles. The van der Waals surface area contributed by atoms with Crippen LogP contribution < -0.4 is 0 Å². The number of nitrogens with zero attached hydrogens (tertiary/aromatic N) is 1. The van der Waals surface area contributed by atoms with Crippen LogP contribution in [0.5, 0.6) is 0 Å². The van der Waals surface area contributed by atoms with Crippen molar-refractivity contribution in [3.05, 3.63) is 12.2 Å². The minimum absolute atomic E-state index is 0.227. The molecule has 1 saturated heterocycles. The van der Waals surface area contributed by atoms with Gasteiger partial charge in [-0.05, 0) is 27.2 Å². The molecule has 0 aromatic carbocycles. The van der Waals surface area contributed by atoms with Crippen molar-refractivity contribution >= 4 is 18.0 Å². The normalized spacial score (nSPS) is 15.6. The molecule has 0 spiro atoms. The summed E-state index contributed by atoms with van der Waals surface area (Å²) in [6.07, 6.45) is 1.16. The highest BCUT2D eigenvalue weighted by Gasteiger charge is 2.29. The van der Waals surface area contributed by atoms with E-state index in [4.69, 9.17) is 14.2 Å². The van der Waals surface area contributed by atoms with E-state index in [0.29, 0.717) is 25.9 Å². The molecule has 1 heterocycles. The number of amides is 1. The summed E-state index contributed by atoms with van der Waals surface area (Å²) in [5.74, 6) is -1.22. The molecule has 24 heavy (non-hydrogen) atoms. The van der Waals surface area contributed by atoms with Gasteiger partial charge in [0.25, 0.3) is 0 Å². The van der Waals surface area contributed by atoms with Gasteiger partial charge in [-0.2, -0.15) is 0 Å². The van der Waals surface area contributed by atoms with Crippen LogP contribution in [-0.2, 0) is 23.8 Å². The number of piperidine rings is 1. The highest BCUT2D eigenvalue weighted by atomic mass is 16.6. The van der Waals surface area contributed by atoms with Gasteiger partial charge >= 0.3 is 18.0 Å². The Hall–Kier alpha value is -2.05. The summed E-state index contributed by atoms with van der Waals surface area (Å²) in [5.41, 5.74) is -0.266. The molecule has 0 aromatic rings. The summed E-state index contributed by atoms with van der Waals surface area (Å²) in [5, 5.41) is 0. The lowest BCUT2D eigenvalue weighted by molar-refractivity contribution is -0.162. The number of hydrogen-bond donors (Lipinski definition) is 0. The first-order valence-corrected chi connectivity index (χ1v) is 8.14. The van der Waals surface area contributed by atoms with Gasteiger partial charge in [0.2, 0.25) is 0 Å². The van der Waals surface area contributed by atoms with Crippen molar-refractivity contribution in [1.29, 1.82) is 0 Å². The van der Waals surface area contributed by atoms with E-state index in [2.05, 4.69) is 6.58 Å².